The van der Waals surface area contributed by atoms with Gasteiger partial charge in [-0.1, -0.05) is 54.6 Å². The van der Waals surface area contributed by atoms with E-state index in [4.69, 9.17) is 0 Å². The predicted molar refractivity (Wildman–Crippen MR) is 87.0 cm³/mol. The number of benzene rings is 2. The van der Waals surface area contributed by atoms with Gasteiger partial charge in [-0.05, 0) is 30.7 Å². The highest BCUT2D eigenvalue weighted by molar-refractivity contribution is 5.99. The van der Waals surface area contributed by atoms with Crippen molar-refractivity contribution in [3.05, 3.63) is 84.0 Å². The number of aromatic hydroxyl groups is 2. The van der Waals surface area contributed by atoms with Crippen LogP contribution in [-0.2, 0) is 4.79 Å². The van der Waals surface area contributed by atoms with E-state index in [0.717, 1.165) is 5.56 Å². The highest BCUT2D eigenvalue weighted by Gasteiger charge is 2.26. The van der Waals surface area contributed by atoms with Crippen LogP contribution in [-0.4, -0.2) is 16.0 Å². The van der Waals surface area contributed by atoms with Crippen LogP contribution in [0.4, 0.5) is 0 Å². The first-order chi connectivity index (χ1) is 10.6. The molecule has 0 radical (unpaired) electrons. The number of phenols is 2. The largest absolute Gasteiger partial charge is 0.507 e. The van der Waals surface area contributed by atoms with Gasteiger partial charge in [0.1, 0.15) is 11.5 Å². The summed E-state index contributed by atoms with van der Waals surface area (Å²) in [7, 11) is 0. The second-order valence-electron chi connectivity index (χ2n) is 4.84. The average Bonchev–Trinajstić information content (AvgIpc) is 2.52. The summed E-state index contributed by atoms with van der Waals surface area (Å²) < 4.78 is 0. The van der Waals surface area contributed by atoms with Crippen LogP contribution in [0.3, 0.4) is 0 Å². The minimum absolute atomic E-state index is 0.0957. The number of allylic oxidation sites excluding steroid dienone is 4. The molecule has 0 fully saturated rings. The fraction of sp³-hybridized carbons (Fsp3) is 0.105. The third kappa shape index (κ3) is 3.44. The molecule has 1 unspecified atom stereocenters. The Morgan fingerprint density at radius 3 is 2.18 bits per heavy atom. The molecule has 0 spiro atoms. The molecule has 22 heavy (non-hydrogen) atoms. The van der Waals surface area contributed by atoms with Crippen LogP contribution in [0.5, 0.6) is 11.5 Å². The van der Waals surface area contributed by atoms with Crippen LogP contribution in [0.2, 0.25) is 0 Å². The zero-order chi connectivity index (χ0) is 15.9. The maximum atomic E-state index is 12.6. The van der Waals surface area contributed by atoms with E-state index in [2.05, 4.69) is 0 Å². The first-order valence-corrected chi connectivity index (χ1v) is 7.04. The van der Waals surface area contributed by atoms with E-state index in [1.807, 2.05) is 31.2 Å². The smallest absolute Gasteiger partial charge is 0.167 e. The lowest BCUT2D eigenvalue weighted by molar-refractivity contribution is -0.115. The number of carbonyl (C=O) groups excluding carboxylic acids is 1. The van der Waals surface area contributed by atoms with Gasteiger partial charge in [0.2, 0.25) is 0 Å². The Balaban J connectivity index is 2.54. The van der Waals surface area contributed by atoms with Crippen LogP contribution in [0, 0.1) is 0 Å². The molecule has 3 nitrogen and oxygen atoms in total. The number of rotatable bonds is 5. The van der Waals surface area contributed by atoms with Crippen molar-refractivity contribution in [1.82, 2.24) is 0 Å². The van der Waals surface area contributed by atoms with Crippen LogP contribution in [0.25, 0.3) is 0 Å². The number of hydrogen-bond acceptors (Lipinski definition) is 3. The molecule has 2 aromatic carbocycles. The van der Waals surface area contributed by atoms with Crippen LogP contribution >= 0.6 is 0 Å². The van der Waals surface area contributed by atoms with Gasteiger partial charge < -0.3 is 10.2 Å². The molecule has 3 heteroatoms. The lowest BCUT2D eigenvalue weighted by Crippen LogP contribution is -2.12. The Bertz CT molecular complexity index is 680. The summed E-state index contributed by atoms with van der Waals surface area (Å²) >= 11 is 0. The fourth-order valence-electron chi connectivity index (χ4n) is 2.31. The van der Waals surface area contributed by atoms with Crippen molar-refractivity contribution in [2.24, 2.45) is 0 Å². The predicted octanol–water partition coefficient (Wildman–Crippen LogP) is 3.93. The molecule has 0 aliphatic rings. The highest BCUT2D eigenvalue weighted by Crippen LogP contribution is 2.38. The fourth-order valence-corrected chi connectivity index (χ4v) is 2.31. The van der Waals surface area contributed by atoms with Crippen LogP contribution in [0.1, 0.15) is 24.0 Å². The maximum absolute atomic E-state index is 12.6. The van der Waals surface area contributed by atoms with E-state index in [1.165, 1.54) is 24.3 Å². The molecule has 0 amide bonds. The third-order valence-electron chi connectivity index (χ3n) is 3.33. The number of ketones is 1. The standard InChI is InChI=1S/C19H18O3/c1-2-3-5-11-15(20)18(14-9-6-4-7-10-14)19-16(21)12-8-13-17(19)22/h2-13,18,21-22H,1H3/b3-2+,11-5+. The zero-order valence-corrected chi connectivity index (χ0v) is 12.3. The number of carbonyl (C=O) groups is 1. The minimum Gasteiger partial charge on any atom is -0.507 e. The normalized spacial score (nSPS) is 12.8. The van der Waals surface area contributed by atoms with E-state index in [0.29, 0.717) is 0 Å². The summed E-state index contributed by atoms with van der Waals surface area (Å²) in [6, 6.07) is 13.6. The Morgan fingerprint density at radius 1 is 0.955 bits per heavy atom. The number of hydrogen-bond donors (Lipinski definition) is 2. The van der Waals surface area contributed by atoms with Gasteiger partial charge in [-0.2, -0.15) is 0 Å². The van der Waals surface area contributed by atoms with Crippen molar-refractivity contribution in [2.75, 3.05) is 0 Å². The van der Waals surface area contributed by atoms with Crippen molar-refractivity contribution in [1.29, 1.82) is 0 Å². The summed E-state index contributed by atoms with van der Waals surface area (Å²) in [6.07, 6.45) is 6.67. The Labute approximate surface area is 129 Å². The van der Waals surface area contributed by atoms with Gasteiger partial charge in [-0.15, -0.1) is 0 Å². The molecular weight excluding hydrogens is 276 g/mol. The molecule has 0 aliphatic carbocycles. The van der Waals surface area contributed by atoms with Gasteiger partial charge in [0.15, 0.2) is 5.78 Å². The molecule has 0 saturated carbocycles. The van der Waals surface area contributed by atoms with E-state index in [9.17, 15) is 15.0 Å². The van der Waals surface area contributed by atoms with Gasteiger partial charge >= 0.3 is 0 Å². The quantitative estimate of drug-likeness (QED) is 0.649. The van der Waals surface area contributed by atoms with Crippen molar-refractivity contribution in [3.8, 4) is 11.5 Å². The topological polar surface area (TPSA) is 57.5 Å². The number of phenolic OH excluding ortho intramolecular Hbond substituents is 2. The summed E-state index contributed by atoms with van der Waals surface area (Å²) in [5.41, 5.74) is 0.943. The van der Waals surface area contributed by atoms with Crippen LogP contribution in [0.15, 0.2) is 72.8 Å². The first-order valence-electron chi connectivity index (χ1n) is 7.04. The van der Waals surface area contributed by atoms with Gasteiger partial charge in [0.25, 0.3) is 0 Å². The average molecular weight is 294 g/mol. The zero-order valence-electron chi connectivity index (χ0n) is 12.3. The van der Waals surface area contributed by atoms with E-state index < -0.39 is 5.92 Å². The molecule has 0 aliphatic heterocycles. The van der Waals surface area contributed by atoms with Crippen molar-refractivity contribution in [3.63, 3.8) is 0 Å². The lowest BCUT2D eigenvalue weighted by Gasteiger charge is -2.17. The Morgan fingerprint density at radius 2 is 1.59 bits per heavy atom. The van der Waals surface area contributed by atoms with Gasteiger partial charge in [0, 0.05) is 0 Å². The molecule has 0 heterocycles. The Hall–Kier alpha value is -2.81. The summed E-state index contributed by atoms with van der Waals surface area (Å²) in [4.78, 5) is 12.6. The molecule has 0 saturated heterocycles. The SMILES string of the molecule is C/C=C/C=C/C(=O)C(c1ccccc1)c1c(O)cccc1O. The van der Waals surface area contributed by atoms with Crippen molar-refractivity contribution < 1.29 is 15.0 Å². The molecule has 112 valence electrons. The van der Waals surface area contributed by atoms with Crippen molar-refractivity contribution in [2.45, 2.75) is 12.8 Å². The summed E-state index contributed by atoms with van der Waals surface area (Å²) in [5, 5.41) is 20.2. The van der Waals surface area contributed by atoms with Crippen LogP contribution < -0.4 is 0 Å². The molecule has 2 rings (SSSR count). The molecule has 0 aromatic heterocycles. The molecular formula is C19H18O3. The summed E-state index contributed by atoms with van der Waals surface area (Å²) in [5.74, 6) is -1.15. The van der Waals surface area contributed by atoms with E-state index in [-0.39, 0.29) is 22.8 Å². The Kier molecular flexibility index (Phi) is 5.15. The third-order valence-corrected chi connectivity index (χ3v) is 3.33. The summed E-state index contributed by atoms with van der Waals surface area (Å²) in [6.45, 7) is 1.86. The second-order valence-corrected chi connectivity index (χ2v) is 4.84. The molecule has 2 N–H and O–H groups in total. The molecule has 0 bridgehead atoms. The minimum atomic E-state index is -0.746. The monoisotopic (exact) mass is 294 g/mol. The van der Waals surface area contributed by atoms with Gasteiger partial charge in [-0.25, -0.2) is 0 Å². The lowest BCUT2D eigenvalue weighted by atomic mass is 9.86. The van der Waals surface area contributed by atoms with E-state index >= 15 is 0 Å². The maximum Gasteiger partial charge on any atom is 0.167 e. The van der Waals surface area contributed by atoms with Crippen molar-refractivity contribution >= 4 is 5.78 Å². The first kappa shape index (κ1) is 15.6. The van der Waals surface area contributed by atoms with Gasteiger partial charge in [-0.3, -0.25) is 4.79 Å². The second kappa shape index (κ2) is 7.27. The molecule has 1 atom stereocenters. The molecule has 2 aromatic rings. The highest BCUT2D eigenvalue weighted by atomic mass is 16.3. The van der Waals surface area contributed by atoms with E-state index in [1.54, 1.807) is 24.3 Å². The van der Waals surface area contributed by atoms with Gasteiger partial charge in [0.05, 0.1) is 11.5 Å².